The fourth-order valence-corrected chi connectivity index (χ4v) is 5.17. The zero-order chi connectivity index (χ0) is 25.2. The van der Waals surface area contributed by atoms with Crippen LogP contribution in [0, 0.1) is 0 Å². The molecule has 1 saturated heterocycles. The van der Waals surface area contributed by atoms with E-state index in [0.717, 1.165) is 10.9 Å². The van der Waals surface area contributed by atoms with Crippen LogP contribution in [0.3, 0.4) is 0 Å². The first-order valence-corrected chi connectivity index (χ1v) is 12.9. The van der Waals surface area contributed by atoms with Gasteiger partial charge in [-0.15, -0.1) is 0 Å². The van der Waals surface area contributed by atoms with Crippen molar-refractivity contribution in [2.75, 3.05) is 18.8 Å². The maximum Gasteiger partial charge on any atom is 0.332 e. The van der Waals surface area contributed by atoms with Crippen molar-refractivity contribution < 1.29 is 18.0 Å². The lowest BCUT2D eigenvalue weighted by molar-refractivity contribution is -0.141. The molecule has 10 nitrogen and oxygen atoms in total. The van der Waals surface area contributed by atoms with Crippen molar-refractivity contribution in [3.05, 3.63) is 59.4 Å². The number of hydrogen-bond acceptors (Lipinski definition) is 7. The molecule has 3 amide bonds. The first-order valence-electron chi connectivity index (χ1n) is 11.1. The molecule has 0 radical (unpaired) electrons. The van der Waals surface area contributed by atoms with Crippen molar-refractivity contribution in [3.8, 4) is 0 Å². The normalized spacial score (nSPS) is 16.5. The monoisotopic (exact) mass is 516 g/mol. The Morgan fingerprint density at radius 3 is 2.63 bits per heavy atom. The first kappa shape index (κ1) is 24.7. The van der Waals surface area contributed by atoms with E-state index in [9.17, 15) is 18.0 Å². The number of urea groups is 1. The van der Waals surface area contributed by atoms with Crippen LogP contribution in [-0.2, 0) is 21.4 Å². The Morgan fingerprint density at radius 1 is 1.17 bits per heavy atom. The van der Waals surface area contributed by atoms with Crippen LogP contribution in [0.5, 0.6) is 0 Å². The number of piperazine rings is 1. The minimum atomic E-state index is -4.11. The highest BCUT2D eigenvalue weighted by atomic mass is 35.5. The van der Waals surface area contributed by atoms with Gasteiger partial charge in [-0.3, -0.25) is 4.79 Å². The van der Waals surface area contributed by atoms with Crippen molar-refractivity contribution in [3.63, 3.8) is 0 Å². The maximum atomic E-state index is 13.3. The largest absolute Gasteiger partial charge is 0.383 e. The Kier molecular flexibility index (Phi) is 7.08. The van der Waals surface area contributed by atoms with E-state index in [1.54, 1.807) is 4.90 Å². The molecule has 12 heteroatoms. The molecule has 0 bridgehead atoms. The van der Waals surface area contributed by atoms with Gasteiger partial charge in [0.15, 0.2) is 0 Å². The number of amides is 3. The molecule has 2 heterocycles. The number of anilines is 1. The van der Waals surface area contributed by atoms with E-state index in [-0.39, 0.29) is 23.9 Å². The van der Waals surface area contributed by atoms with Gasteiger partial charge < -0.3 is 15.5 Å². The number of sulfonamides is 1. The minimum Gasteiger partial charge on any atom is -0.383 e. The number of nitrogens with two attached hydrogens (primary N) is 1. The van der Waals surface area contributed by atoms with Crippen molar-refractivity contribution >= 4 is 50.3 Å². The van der Waals surface area contributed by atoms with E-state index in [2.05, 4.69) is 14.7 Å². The molecule has 1 fully saturated rings. The van der Waals surface area contributed by atoms with Gasteiger partial charge in [0.2, 0.25) is 5.91 Å². The van der Waals surface area contributed by atoms with Gasteiger partial charge in [-0.05, 0) is 48.4 Å². The number of carbonyl (C=O) groups is 2. The highest BCUT2D eigenvalue weighted by Crippen LogP contribution is 2.22. The van der Waals surface area contributed by atoms with Crippen LogP contribution in [0.15, 0.2) is 53.7 Å². The summed E-state index contributed by atoms with van der Waals surface area (Å²) in [6.45, 7) is 2.69. The molecule has 184 valence electrons. The molecular weight excluding hydrogens is 492 g/mol. The van der Waals surface area contributed by atoms with Crippen LogP contribution < -0.4 is 10.5 Å². The van der Waals surface area contributed by atoms with E-state index in [1.165, 1.54) is 35.5 Å². The van der Waals surface area contributed by atoms with Crippen molar-refractivity contribution in [2.24, 2.45) is 0 Å². The molecule has 0 aliphatic carbocycles. The van der Waals surface area contributed by atoms with Gasteiger partial charge in [-0.1, -0.05) is 31.0 Å². The Hall–Kier alpha value is -3.44. The van der Waals surface area contributed by atoms with Gasteiger partial charge in [-0.2, -0.15) is 0 Å². The summed E-state index contributed by atoms with van der Waals surface area (Å²) in [6, 6.07) is 9.41. The Labute approximate surface area is 208 Å². The van der Waals surface area contributed by atoms with E-state index in [0.29, 0.717) is 35.7 Å². The second-order valence-electron chi connectivity index (χ2n) is 8.23. The third-order valence-corrected chi connectivity index (χ3v) is 7.45. The van der Waals surface area contributed by atoms with Crippen molar-refractivity contribution in [1.29, 1.82) is 0 Å². The van der Waals surface area contributed by atoms with E-state index in [4.69, 9.17) is 17.3 Å². The Balaban J connectivity index is 1.49. The summed E-state index contributed by atoms with van der Waals surface area (Å²) in [5, 5.41) is 1.11. The van der Waals surface area contributed by atoms with Crippen molar-refractivity contribution in [2.45, 2.75) is 37.2 Å². The highest BCUT2D eigenvalue weighted by Gasteiger charge is 2.38. The molecule has 4 rings (SSSR count). The molecule has 1 aliphatic heterocycles. The quantitative estimate of drug-likeness (QED) is 0.513. The lowest BCUT2D eigenvalue weighted by atomic mass is 10.0. The van der Waals surface area contributed by atoms with Gasteiger partial charge in [0, 0.05) is 30.0 Å². The third kappa shape index (κ3) is 5.30. The van der Waals surface area contributed by atoms with Crippen LogP contribution in [0.25, 0.3) is 10.9 Å². The molecule has 1 aliphatic rings. The summed E-state index contributed by atoms with van der Waals surface area (Å²) in [7, 11) is -4.11. The van der Waals surface area contributed by atoms with Gasteiger partial charge in [-0.25, -0.2) is 27.9 Å². The summed E-state index contributed by atoms with van der Waals surface area (Å²) in [4.78, 5) is 37.4. The number of rotatable bonds is 6. The average Bonchev–Trinajstić information content (AvgIpc) is 2.82. The number of nitrogen functional groups attached to an aromatic ring is 1. The van der Waals surface area contributed by atoms with Crippen molar-refractivity contribution in [1.82, 2.24) is 24.5 Å². The maximum absolute atomic E-state index is 13.3. The predicted octanol–water partition coefficient (Wildman–Crippen LogP) is 2.78. The lowest BCUT2D eigenvalue weighted by Crippen LogP contribution is -2.60. The number of hydrogen-bond donors (Lipinski definition) is 2. The molecule has 3 N–H and O–H groups in total. The SMILES string of the molecule is CCC[C@H]1C(=O)N(Cc2ccc3c(N)ncnc3c2)CCN1C(=O)NS(=O)(=O)c1ccc(Cl)cc1. The number of aromatic nitrogens is 2. The van der Waals surface area contributed by atoms with Crippen LogP contribution in [0.1, 0.15) is 25.3 Å². The number of fused-ring (bicyclic) bond motifs is 1. The van der Waals surface area contributed by atoms with Gasteiger partial charge in [0.05, 0.1) is 10.4 Å². The molecule has 35 heavy (non-hydrogen) atoms. The average molecular weight is 517 g/mol. The third-order valence-electron chi connectivity index (χ3n) is 5.86. The number of halogens is 1. The summed E-state index contributed by atoms with van der Waals surface area (Å²) in [5.74, 6) is 0.147. The van der Waals surface area contributed by atoms with Crippen LogP contribution in [0.4, 0.5) is 10.6 Å². The van der Waals surface area contributed by atoms with Crippen LogP contribution in [0.2, 0.25) is 5.02 Å². The molecular formula is C23H25ClN6O4S. The Morgan fingerprint density at radius 2 is 1.91 bits per heavy atom. The topological polar surface area (TPSA) is 139 Å². The van der Waals surface area contributed by atoms with E-state index >= 15 is 0 Å². The zero-order valence-corrected chi connectivity index (χ0v) is 20.6. The molecule has 1 aromatic heterocycles. The van der Waals surface area contributed by atoms with Gasteiger partial charge in [0.1, 0.15) is 18.2 Å². The van der Waals surface area contributed by atoms with Crippen LogP contribution in [-0.4, -0.2) is 59.3 Å². The molecule has 3 aromatic rings. The predicted molar refractivity (Wildman–Crippen MR) is 132 cm³/mol. The number of nitrogens with zero attached hydrogens (tertiary/aromatic N) is 4. The van der Waals surface area contributed by atoms with Gasteiger partial charge in [0.25, 0.3) is 10.0 Å². The number of benzene rings is 2. The van der Waals surface area contributed by atoms with E-state index in [1.807, 2.05) is 25.1 Å². The number of nitrogens with one attached hydrogen (secondary N) is 1. The summed E-state index contributed by atoms with van der Waals surface area (Å²) in [6.07, 6.45) is 2.44. The molecule has 0 spiro atoms. The second kappa shape index (κ2) is 10.0. The fraction of sp³-hybridized carbons (Fsp3) is 0.304. The molecule has 0 saturated carbocycles. The second-order valence-corrected chi connectivity index (χ2v) is 10.4. The number of carbonyl (C=O) groups excluding carboxylic acids is 2. The lowest BCUT2D eigenvalue weighted by Gasteiger charge is -2.40. The fourth-order valence-electron chi connectivity index (χ4n) is 4.08. The highest BCUT2D eigenvalue weighted by molar-refractivity contribution is 7.90. The molecule has 2 aromatic carbocycles. The first-order chi connectivity index (χ1) is 16.7. The molecule has 1 atom stereocenters. The van der Waals surface area contributed by atoms with E-state index < -0.39 is 22.1 Å². The standard InChI is InChI=1S/C23H25ClN6O4S/c1-2-3-20-22(31)29(13-15-4-9-18-19(12-15)26-14-27-21(18)25)10-11-30(20)23(32)28-35(33,34)17-7-5-16(24)6-8-17/h4-9,12,14,20H,2-3,10-11,13H2,1H3,(H,28,32)(H2,25,26,27)/t20-/m0/s1. The van der Waals surface area contributed by atoms with Crippen LogP contribution >= 0.6 is 11.6 Å². The molecule has 0 unspecified atom stereocenters. The zero-order valence-electron chi connectivity index (χ0n) is 19.0. The van der Waals surface area contributed by atoms with Gasteiger partial charge >= 0.3 is 6.03 Å². The summed E-state index contributed by atoms with van der Waals surface area (Å²) in [5.41, 5.74) is 7.43. The smallest absolute Gasteiger partial charge is 0.332 e. The summed E-state index contributed by atoms with van der Waals surface area (Å²) < 4.78 is 27.4. The Bertz CT molecular complexity index is 1370. The summed E-state index contributed by atoms with van der Waals surface area (Å²) >= 11 is 5.82. The minimum absolute atomic E-state index is 0.0898.